The molecule has 0 spiro atoms. The molecule has 156 valence electrons. The number of fused-ring (bicyclic) bond motifs is 1. The normalized spacial score (nSPS) is 11.1. The number of halogens is 2. The summed E-state index contributed by atoms with van der Waals surface area (Å²) in [6, 6.07) is 17.1. The number of pyridine rings is 1. The van der Waals surface area contributed by atoms with Gasteiger partial charge in [-0.1, -0.05) is 44.2 Å². The summed E-state index contributed by atoms with van der Waals surface area (Å²) >= 11 is 0. The Morgan fingerprint density at radius 2 is 1.61 bits per heavy atom. The van der Waals surface area contributed by atoms with Crippen LogP contribution in [0, 0.1) is 11.6 Å². The van der Waals surface area contributed by atoms with Gasteiger partial charge in [-0.2, -0.15) is 0 Å². The third-order valence-electron chi connectivity index (χ3n) is 5.17. The largest absolute Gasteiger partial charge is 0.322 e. The standard InChI is InChI=1S/C25H20F2N2O2/c1-15(2)16-7-10-18(11-8-16)28-24(30)21-14-29(23-12-9-17(26)13-22(23)27)25(31)20-6-4-3-5-19(20)21/h3-15H,1-2H3,(H,28,30). The fourth-order valence-corrected chi connectivity index (χ4v) is 3.48. The Morgan fingerprint density at radius 1 is 0.935 bits per heavy atom. The van der Waals surface area contributed by atoms with Crippen LogP contribution in [-0.4, -0.2) is 10.5 Å². The van der Waals surface area contributed by atoms with E-state index >= 15 is 0 Å². The maximum absolute atomic E-state index is 14.4. The zero-order valence-electron chi connectivity index (χ0n) is 17.0. The van der Waals surface area contributed by atoms with Gasteiger partial charge in [-0.25, -0.2) is 8.78 Å². The van der Waals surface area contributed by atoms with E-state index in [1.165, 1.54) is 12.3 Å². The molecule has 31 heavy (non-hydrogen) atoms. The predicted molar refractivity (Wildman–Crippen MR) is 118 cm³/mol. The van der Waals surface area contributed by atoms with Gasteiger partial charge in [0, 0.05) is 28.7 Å². The number of carbonyl (C=O) groups excluding carboxylic acids is 1. The Balaban J connectivity index is 1.82. The average Bonchev–Trinajstić information content (AvgIpc) is 2.75. The van der Waals surface area contributed by atoms with Crippen LogP contribution in [0.15, 0.2) is 77.7 Å². The topological polar surface area (TPSA) is 51.1 Å². The monoisotopic (exact) mass is 418 g/mol. The van der Waals surface area contributed by atoms with E-state index in [4.69, 9.17) is 0 Å². The minimum absolute atomic E-state index is 0.132. The fourth-order valence-electron chi connectivity index (χ4n) is 3.48. The van der Waals surface area contributed by atoms with Gasteiger partial charge in [0.25, 0.3) is 11.5 Å². The molecule has 1 amide bonds. The van der Waals surface area contributed by atoms with Crippen molar-refractivity contribution >= 4 is 22.4 Å². The average molecular weight is 418 g/mol. The van der Waals surface area contributed by atoms with Gasteiger partial charge in [-0.05, 0) is 41.8 Å². The van der Waals surface area contributed by atoms with E-state index in [0.717, 1.165) is 16.2 Å². The zero-order valence-corrected chi connectivity index (χ0v) is 17.0. The second-order valence-electron chi connectivity index (χ2n) is 7.59. The minimum Gasteiger partial charge on any atom is -0.322 e. The summed E-state index contributed by atoms with van der Waals surface area (Å²) in [5.41, 5.74) is 1.31. The lowest BCUT2D eigenvalue weighted by Crippen LogP contribution is -2.23. The number of rotatable bonds is 4. The molecule has 0 saturated heterocycles. The van der Waals surface area contributed by atoms with E-state index < -0.39 is 23.1 Å². The molecule has 1 N–H and O–H groups in total. The summed E-state index contributed by atoms with van der Waals surface area (Å²) in [7, 11) is 0. The highest BCUT2D eigenvalue weighted by Gasteiger charge is 2.17. The number of nitrogens with one attached hydrogen (secondary N) is 1. The number of anilines is 1. The SMILES string of the molecule is CC(C)c1ccc(NC(=O)c2cn(-c3ccc(F)cc3F)c(=O)c3ccccc23)cc1. The van der Waals surface area contributed by atoms with Crippen LogP contribution in [-0.2, 0) is 0 Å². The van der Waals surface area contributed by atoms with Crippen molar-refractivity contribution in [1.82, 2.24) is 4.57 Å². The van der Waals surface area contributed by atoms with Gasteiger partial charge in [0.05, 0.1) is 11.3 Å². The summed E-state index contributed by atoms with van der Waals surface area (Å²) in [6.45, 7) is 4.16. The van der Waals surface area contributed by atoms with Gasteiger partial charge < -0.3 is 5.32 Å². The number of nitrogens with zero attached hydrogens (tertiary/aromatic N) is 1. The highest BCUT2D eigenvalue weighted by molar-refractivity contribution is 6.12. The molecule has 0 aliphatic heterocycles. The highest BCUT2D eigenvalue weighted by atomic mass is 19.1. The maximum Gasteiger partial charge on any atom is 0.263 e. The summed E-state index contributed by atoms with van der Waals surface area (Å²) in [5.74, 6) is -1.72. The predicted octanol–water partition coefficient (Wildman–Crippen LogP) is 5.64. The molecule has 1 aromatic heterocycles. The van der Waals surface area contributed by atoms with Crippen LogP contribution in [0.1, 0.15) is 35.7 Å². The molecule has 0 radical (unpaired) electrons. The van der Waals surface area contributed by atoms with Crippen molar-refractivity contribution in [2.45, 2.75) is 19.8 Å². The number of carbonyl (C=O) groups is 1. The van der Waals surface area contributed by atoms with Crippen LogP contribution < -0.4 is 10.9 Å². The van der Waals surface area contributed by atoms with Crippen LogP contribution in [0.2, 0.25) is 0 Å². The van der Waals surface area contributed by atoms with Crippen LogP contribution in [0.25, 0.3) is 16.5 Å². The molecule has 4 nitrogen and oxygen atoms in total. The lowest BCUT2D eigenvalue weighted by molar-refractivity contribution is 0.102. The molecule has 0 saturated carbocycles. The van der Waals surface area contributed by atoms with E-state index in [1.807, 2.05) is 24.3 Å². The molecule has 0 atom stereocenters. The van der Waals surface area contributed by atoms with E-state index in [1.54, 1.807) is 24.3 Å². The summed E-state index contributed by atoms with van der Waals surface area (Å²) in [5, 5.41) is 3.54. The number of aromatic nitrogens is 1. The van der Waals surface area contributed by atoms with Gasteiger partial charge in [0.2, 0.25) is 0 Å². The van der Waals surface area contributed by atoms with Gasteiger partial charge in [0.1, 0.15) is 11.6 Å². The van der Waals surface area contributed by atoms with E-state index in [2.05, 4.69) is 19.2 Å². The second-order valence-corrected chi connectivity index (χ2v) is 7.59. The Hall–Kier alpha value is -3.80. The van der Waals surface area contributed by atoms with Crippen molar-refractivity contribution in [2.75, 3.05) is 5.32 Å². The van der Waals surface area contributed by atoms with Crippen LogP contribution in [0.4, 0.5) is 14.5 Å². The smallest absolute Gasteiger partial charge is 0.263 e. The first-order valence-electron chi connectivity index (χ1n) is 9.86. The second kappa shape index (κ2) is 8.14. The Kier molecular flexibility index (Phi) is 5.38. The quantitative estimate of drug-likeness (QED) is 0.466. The van der Waals surface area contributed by atoms with Crippen molar-refractivity contribution in [1.29, 1.82) is 0 Å². The summed E-state index contributed by atoms with van der Waals surface area (Å²) in [6.07, 6.45) is 1.29. The lowest BCUT2D eigenvalue weighted by Gasteiger charge is -2.14. The molecule has 0 aliphatic carbocycles. The number of benzene rings is 3. The molecule has 0 bridgehead atoms. The van der Waals surface area contributed by atoms with E-state index in [-0.39, 0.29) is 16.6 Å². The fraction of sp³-hybridized carbons (Fsp3) is 0.120. The molecular weight excluding hydrogens is 398 g/mol. The first-order chi connectivity index (χ1) is 14.8. The van der Waals surface area contributed by atoms with Gasteiger partial charge in [-0.3, -0.25) is 14.2 Å². The van der Waals surface area contributed by atoms with Crippen LogP contribution in [0.5, 0.6) is 0 Å². The zero-order chi connectivity index (χ0) is 22.1. The van der Waals surface area contributed by atoms with Crippen molar-refractivity contribution < 1.29 is 13.6 Å². The summed E-state index contributed by atoms with van der Waals surface area (Å²) < 4.78 is 28.8. The lowest BCUT2D eigenvalue weighted by atomic mass is 10.0. The van der Waals surface area contributed by atoms with Crippen molar-refractivity contribution in [3.05, 3.63) is 106 Å². The molecular formula is C25H20F2N2O2. The molecule has 3 aromatic carbocycles. The third kappa shape index (κ3) is 3.97. The molecule has 1 heterocycles. The molecule has 0 fully saturated rings. The molecule has 0 aliphatic rings. The van der Waals surface area contributed by atoms with Crippen molar-refractivity contribution in [2.24, 2.45) is 0 Å². The molecule has 0 unspecified atom stereocenters. The number of hydrogen-bond donors (Lipinski definition) is 1. The number of amides is 1. The minimum atomic E-state index is -0.895. The molecule has 4 aromatic rings. The maximum atomic E-state index is 14.4. The Morgan fingerprint density at radius 3 is 2.26 bits per heavy atom. The van der Waals surface area contributed by atoms with E-state index in [0.29, 0.717) is 23.1 Å². The first-order valence-corrected chi connectivity index (χ1v) is 9.86. The Labute approximate surface area is 177 Å². The van der Waals surface area contributed by atoms with Crippen LogP contribution >= 0.6 is 0 Å². The van der Waals surface area contributed by atoms with E-state index in [9.17, 15) is 18.4 Å². The van der Waals surface area contributed by atoms with Gasteiger partial charge in [0.15, 0.2) is 0 Å². The van der Waals surface area contributed by atoms with Crippen molar-refractivity contribution in [3.8, 4) is 5.69 Å². The number of hydrogen-bond acceptors (Lipinski definition) is 2. The van der Waals surface area contributed by atoms with Gasteiger partial charge >= 0.3 is 0 Å². The molecule has 4 rings (SSSR count). The van der Waals surface area contributed by atoms with Gasteiger partial charge in [-0.15, -0.1) is 0 Å². The Bertz CT molecular complexity index is 1340. The first kappa shape index (κ1) is 20.5. The highest BCUT2D eigenvalue weighted by Crippen LogP contribution is 2.22. The summed E-state index contributed by atoms with van der Waals surface area (Å²) in [4.78, 5) is 26.1. The third-order valence-corrected chi connectivity index (χ3v) is 5.17. The molecule has 6 heteroatoms. The van der Waals surface area contributed by atoms with Crippen LogP contribution in [0.3, 0.4) is 0 Å². The van der Waals surface area contributed by atoms with Crippen molar-refractivity contribution in [3.63, 3.8) is 0 Å².